The molecule has 3 N–H and O–H groups in total. The molecule has 3 atom stereocenters. The van der Waals surface area contributed by atoms with Gasteiger partial charge in [-0.05, 0) is 27.2 Å². The summed E-state index contributed by atoms with van der Waals surface area (Å²) < 4.78 is 10.7. The highest BCUT2D eigenvalue weighted by atomic mass is 16.6. The summed E-state index contributed by atoms with van der Waals surface area (Å²) >= 11 is 0. The molecule has 2 aromatic rings. The van der Waals surface area contributed by atoms with Crippen molar-refractivity contribution in [1.82, 2.24) is 20.3 Å². The second kappa shape index (κ2) is 7.15. The van der Waals surface area contributed by atoms with E-state index in [2.05, 4.69) is 20.3 Å². The highest BCUT2D eigenvalue weighted by Gasteiger charge is 2.42. The Kier molecular flexibility index (Phi) is 5.05. The van der Waals surface area contributed by atoms with Gasteiger partial charge in [0, 0.05) is 24.7 Å². The largest absolute Gasteiger partial charge is 0.464 e. The van der Waals surface area contributed by atoms with E-state index < -0.39 is 17.5 Å². The van der Waals surface area contributed by atoms with E-state index in [1.54, 1.807) is 6.20 Å². The lowest BCUT2D eigenvalue weighted by Gasteiger charge is -2.24. The number of carbonyl (C=O) groups is 2. The highest BCUT2D eigenvalue weighted by Crippen LogP contribution is 2.35. The Morgan fingerprint density at radius 3 is 2.70 bits per heavy atom. The third kappa shape index (κ3) is 4.19. The van der Waals surface area contributed by atoms with Gasteiger partial charge in [0.25, 0.3) is 5.56 Å². The van der Waals surface area contributed by atoms with E-state index in [4.69, 9.17) is 9.47 Å². The number of hydrogen-bond donors (Lipinski definition) is 3. The number of ether oxygens (including phenoxy) is 2. The van der Waals surface area contributed by atoms with E-state index in [0.29, 0.717) is 17.5 Å². The molecule has 9 nitrogen and oxygen atoms in total. The van der Waals surface area contributed by atoms with E-state index >= 15 is 0 Å². The van der Waals surface area contributed by atoms with Crippen LogP contribution >= 0.6 is 0 Å². The summed E-state index contributed by atoms with van der Waals surface area (Å²) in [5.41, 5.74) is 0.842. The number of hydrogen-bond acceptors (Lipinski definition) is 7. The number of rotatable bonds is 4. The van der Waals surface area contributed by atoms with Crippen molar-refractivity contribution in [1.29, 1.82) is 0 Å². The van der Waals surface area contributed by atoms with Crippen molar-refractivity contribution in [2.45, 2.75) is 51.8 Å². The Bertz CT molecular complexity index is 910. The maximum absolute atomic E-state index is 12.7. The molecule has 0 aliphatic carbocycles. The number of nitrogens with zero attached hydrogens (tertiary/aromatic N) is 1. The molecular formula is C18H24N4O5. The van der Waals surface area contributed by atoms with Crippen LogP contribution in [0.15, 0.2) is 17.3 Å². The third-order valence-corrected chi connectivity index (χ3v) is 4.44. The van der Waals surface area contributed by atoms with Crippen molar-refractivity contribution in [3.8, 4) is 0 Å². The van der Waals surface area contributed by atoms with E-state index in [1.807, 2.05) is 20.8 Å². The van der Waals surface area contributed by atoms with E-state index in [1.165, 1.54) is 13.3 Å². The minimum absolute atomic E-state index is 0.0616. The van der Waals surface area contributed by atoms with Crippen LogP contribution in [0, 0.1) is 5.92 Å². The van der Waals surface area contributed by atoms with Crippen molar-refractivity contribution in [3.63, 3.8) is 0 Å². The fraction of sp³-hybridized carbons (Fsp3) is 0.556. The number of carbonyl (C=O) groups excluding carboxylic acids is 2. The van der Waals surface area contributed by atoms with Gasteiger partial charge in [0.15, 0.2) is 0 Å². The van der Waals surface area contributed by atoms with Crippen molar-refractivity contribution in [2.75, 3.05) is 6.61 Å². The second-order valence-electron chi connectivity index (χ2n) is 7.70. The molecule has 0 bridgehead atoms. The third-order valence-electron chi connectivity index (χ3n) is 4.44. The number of esters is 2. The lowest BCUT2D eigenvalue weighted by atomic mass is 9.97. The molecule has 1 aliphatic rings. The summed E-state index contributed by atoms with van der Waals surface area (Å²) in [6, 6.07) is -0.619. The summed E-state index contributed by atoms with van der Waals surface area (Å²) in [6.07, 6.45) is 3.51. The molecule has 3 rings (SSSR count). The van der Waals surface area contributed by atoms with E-state index in [0.717, 1.165) is 5.56 Å². The molecule has 0 radical (unpaired) electrons. The first kappa shape index (κ1) is 19.1. The first-order valence-corrected chi connectivity index (χ1v) is 8.82. The van der Waals surface area contributed by atoms with Crippen molar-refractivity contribution in [2.24, 2.45) is 5.92 Å². The zero-order valence-electron chi connectivity index (χ0n) is 15.8. The van der Waals surface area contributed by atoms with Crippen LogP contribution in [0.2, 0.25) is 0 Å². The van der Waals surface area contributed by atoms with Gasteiger partial charge in [0.1, 0.15) is 23.2 Å². The lowest BCUT2D eigenvalue weighted by molar-refractivity contribution is -0.161. The Balaban J connectivity index is 1.87. The zero-order chi connectivity index (χ0) is 19.8. The summed E-state index contributed by atoms with van der Waals surface area (Å²) in [5, 5.41) is 3.33. The quantitative estimate of drug-likeness (QED) is 0.684. The zero-order valence-corrected chi connectivity index (χ0v) is 15.8. The minimum atomic E-state index is -0.614. The van der Waals surface area contributed by atoms with Gasteiger partial charge in [-0.3, -0.25) is 14.4 Å². The van der Waals surface area contributed by atoms with Crippen LogP contribution in [-0.4, -0.2) is 45.1 Å². The Morgan fingerprint density at radius 2 is 2.04 bits per heavy atom. The topological polar surface area (TPSA) is 126 Å². The predicted molar refractivity (Wildman–Crippen MR) is 97.0 cm³/mol. The maximum atomic E-state index is 12.7. The molecule has 9 heteroatoms. The van der Waals surface area contributed by atoms with Crippen LogP contribution in [-0.2, 0) is 19.1 Å². The SMILES string of the molecule is CC(=O)OC[C@@H]1N[C@H](c2c[nH]c3c(=O)[nH]cnc23)CC1C(=O)OC(C)(C)C. The lowest BCUT2D eigenvalue weighted by Crippen LogP contribution is -2.39. The van der Waals surface area contributed by atoms with Crippen LogP contribution in [0.1, 0.15) is 45.7 Å². The summed E-state index contributed by atoms with van der Waals surface area (Å²) in [5.74, 6) is -1.25. The molecule has 0 saturated carbocycles. The van der Waals surface area contributed by atoms with Gasteiger partial charge in [-0.1, -0.05) is 0 Å². The Labute approximate surface area is 155 Å². The average Bonchev–Trinajstić information content (AvgIpc) is 3.15. The fourth-order valence-electron chi connectivity index (χ4n) is 3.32. The average molecular weight is 376 g/mol. The van der Waals surface area contributed by atoms with Gasteiger partial charge in [-0.25, -0.2) is 4.98 Å². The highest BCUT2D eigenvalue weighted by molar-refractivity contribution is 5.79. The molecule has 0 amide bonds. The standard InChI is InChI=1S/C18H24N4O5/c1-9(23)26-7-13-10(17(25)27-18(2,3)4)5-12(22-13)11-6-19-15-14(11)20-8-21-16(15)24/h6,8,10,12-13,19,22H,5,7H2,1-4H3,(H,20,21,24)/t10?,12-,13-/m0/s1. The van der Waals surface area contributed by atoms with Crippen molar-refractivity contribution < 1.29 is 19.1 Å². The van der Waals surface area contributed by atoms with E-state index in [-0.39, 0.29) is 30.2 Å². The number of H-pyrrole nitrogens is 2. The van der Waals surface area contributed by atoms with Gasteiger partial charge >= 0.3 is 11.9 Å². The second-order valence-corrected chi connectivity index (χ2v) is 7.70. The van der Waals surface area contributed by atoms with Crippen molar-refractivity contribution in [3.05, 3.63) is 28.4 Å². The number of nitrogens with one attached hydrogen (secondary N) is 3. The monoisotopic (exact) mass is 376 g/mol. The van der Waals surface area contributed by atoms with Crippen LogP contribution in [0.4, 0.5) is 0 Å². The maximum Gasteiger partial charge on any atom is 0.311 e. The molecule has 3 heterocycles. The van der Waals surface area contributed by atoms with Crippen molar-refractivity contribution >= 4 is 23.0 Å². The van der Waals surface area contributed by atoms with Crippen LogP contribution in [0.3, 0.4) is 0 Å². The first-order valence-electron chi connectivity index (χ1n) is 8.82. The normalized spacial score (nSPS) is 22.7. The first-order chi connectivity index (χ1) is 12.7. The molecule has 1 saturated heterocycles. The van der Waals surface area contributed by atoms with Gasteiger partial charge in [-0.15, -0.1) is 0 Å². The Morgan fingerprint density at radius 1 is 1.30 bits per heavy atom. The van der Waals surface area contributed by atoms with Crippen LogP contribution in [0.25, 0.3) is 11.0 Å². The summed E-state index contributed by atoms with van der Waals surface area (Å²) in [4.78, 5) is 45.5. The fourth-order valence-corrected chi connectivity index (χ4v) is 3.32. The van der Waals surface area contributed by atoms with Gasteiger partial charge in [0.05, 0.1) is 18.3 Å². The molecule has 1 aliphatic heterocycles. The summed E-state index contributed by atoms with van der Waals surface area (Å²) in [6.45, 7) is 6.81. The summed E-state index contributed by atoms with van der Waals surface area (Å²) in [7, 11) is 0. The molecule has 1 fully saturated rings. The smallest absolute Gasteiger partial charge is 0.311 e. The van der Waals surface area contributed by atoms with Gasteiger partial charge in [0.2, 0.25) is 0 Å². The van der Waals surface area contributed by atoms with Crippen LogP contribution < -0.4 is 10.9 Å². The molecule has 2 aromatic heterocycles. The minimum Gasteiger partial charge on any atom is -0.464 e. The Hall–Kier alpha value is -2.68. The molecule has 1 unspecified atom stereocenters. The molecule has 146 valence electrons. The van der Waals surface area contributed by atoms with Crippen LogP contribution in [0.5, 0.6) is 0 Å². The molecule has 0 spiro atoms. The predicted octanol–water partition coefficient (Wildman–Crippen LogP) is 1.18. The number of aromatic nitrogens is 3. The van der Waals surface area contributed by atoms with Gasteiger partial charge < -0.3 is 24.8 Å². The molecule has 0 aromatic carbocycles. The van der Waals surface area contributed by atoms with Gasteiger partial charge in [-0.2, -0.15) is 0 Å². The molecular weight excluding hydrogens is 352 g/mol. The number of aromatic amines is 2. The number of fused-ring (bicyclic) bond motifs is 1. The van der Waals surface area contributed by atoms with E-state index in [9.17, 15) is 14.4 Å². The molecule has 27 heavy (non-hydrogen) atoms.